The van der Waals surface area contributed by atoms with Gasteiger partial charge in [-0.15, -0.1) is 0 Å². The highest BCUT2D eigenvalue weighted by atomic mass is 16.5. The normalized spacial score (nSPS) is 16.8. The number of morpholine rings is 1. The third kappa shape index (κ3) is 5.10. The molecular weight excluding hydrogens is 292 g/mol. The molecule has 2 N–H and O–H groups in total. The molecule has 0 bridgehead atoms. The van der Waals surface area contributed by atoms with Crippen molar-refractivity contribution in [3.63, 3.8) is 0 Å². The summed E-state index contributed by atoms with van der Waals surface area (Å²) in [6.45, 7) is 11.2. The Morgan fingerprint density at radius 1 is 1.39 bits per heavy atom. The number of hydrogen-bond acceptors (Lipinski definition) is 5. The molecule has 2 rings (SSSR count). The minimum absolute atomic E-state index is 0.00546. The Labute approximate surface area is 138 Å². The van der Waals surface area contributed by atoms with E-state index in [9.17, 15) is 4.79 Å². The molecule has 1 saturated heterocycles. The number of anilines is 2. The maximum Gasteiger partial charge on any atom is 0.242 e. The molecule has 1 aliphatic rings. The molecule has 1 fully saturated rings. The first-order valence-electron chi connectivity index (χ1n) is 8.28. The van der Waals surface area contributed by atoms with Gasteiger partial charge < -0.3 is 20.3 Å². The summed E-state index contributed by atoms with van der Waals surface area (Å²) >= 11 is 0. The summed E-state index contributed by atoms with van der Waals surface area (Å²) < 4.78 is 5.35. The van der Waals surface area contributed by atoms with E-state index in [1.54, 1.807) is 6.20 Å². The molecule has 6 heteroatoms. The number of aromatic nitrogens is 1. The monoisotopic (exact) mass is 320 g/mol. The number of pyridine rings is 1. The molecule has 0 spiro atoms. The van der Waals surface area contributed by atoms with Crippen molar-refractivity contribution in [3.8, 4) is 0 Å². The first-order chi connectivity index (χ1) is 10.9. The van der Waals surface area contributed by atoms with E-state index in [2.05, 4.69) is 27.4 Å². The topological polar surface area (TPSA) is 66.5 Å². The van der Waals surface area contributed by atoms with Crippen molar-refractivity contribution in [2.75, 3.05) is 36.5 Å². The number of nitrogens with one attached hydrogen (secondary N) is 2. The molecule has 2 heterocycles. The molecule has 0 aromatic carbocycles. The van der Waals surface area contributed by atoms with Gasteiger partial charge in [0.2, 0.25) is 5.91 Å². The van der Waals surface area contributed by atoms with Crippen LogP contribution in [0.25, 0.3) is 0 Å². The van der Waals surface area contributed by atoms with Gasteiger partial charge >= 0.3 is 0 Å². The summed E-state index contributed by atoms with van der Waals surface area (Å²) in [6.07, 6.45) is 2.67. The molecule has 128 valence electrons. The number of carbonyl (C=O) groups excluding carboxylic acids is 1. The van der Waals surface area contributed by atoms with Crippen molar-refractivity contribution in [1.29, 1.82) is 0 Å². The van der Waals surface area contributed by atoms with Gasteiger partial charge in [0.1, 0.15) is 11.9 Å². The van der Waals surface area contributed by atoms with Crippen molar-refractivity contribution >= 4 is 17.4 Å². The molecule has 0 saturated carbocycles. The smallest absolute Gasteiger partial charge is 0.242 e. The Morgan fingerprint density at radius 2 is 2.09 bits per heavy atom. The van der Waals surface area contributed by atoms with Crippen LogP contribution in [0, 0.1) is 0 Å². The fourth-order valence-corrected chi connectivity index (χ4v) is 2.30. The summed E-state index contributed by atoms with van der Waals surface area (Å²) in [5.41, 5.74) is 0.657. The minimum atomic E-state index is -0.308. The zero-order chi connectivity index (χ0) is 16.9. The number of nitrogens with zero attached hydrogens (tertiary/aromatic N) is 2. The fourth-order valence-electron chi connectivity index (χ4n) is 2.30. The number of carbonyl (C=O) groups is 1. The Morgan fingerprint density at radius 3 is 2.65 bits per heavy atom. The van der Waals surface area contributed by atoms with Crippen LogP contribution < -0.4 is 15.5 Å². The second-order valence-corrected chi connectivity index (χ2v) is 6.60. The summed E-state index contributed by atoms with van der Waals surface area (Å²) in [5, 5.41) is 6.25. The third-order valence-electron chi connectivity index (χ3n) is 4.20. The molecule has 1 amide bonds. The minimum Gasteiger partial charge on any atom is -0.378 e. The Bertz CT molecular complexity index is 510. The van der Waals surface area contributed by atoms with E-state index >= 15 is 0 Å². The van der Waals surface area contributed by atoms with Gasteiger partial charge in [0.15, 0.2) is 0 Å². The van der Waals surface area contributed by atoms with E-state index in [0.717, 1.165) is 44.2 Å². The van der Waals surface area contributed by atoms with Gasteiger partial charge in [-0.3, -0.25) is 4.79 Å². The molecule has 1 atom stereocenters. The second-order valence-electron chi connectivity index (χ2n) is 6.60. The van der Waals surface area contributed by atoms with Crippen molar-refractivity contribution in [2.24, 2.45) is 0 Å². The van der Waals surface area contributed by atoms with Gasteiger partial charge in [-0.25, -0.2) is 4.98 Å². The van der Waals surface area contributed by atoms with Gasteiger partial charge in [0.05, 0.1) is 25.1 Å². The number of rotatable bonds is 6. The van der Waals surface area contributed by atoms with E-state index in [4.69, 9.17) is 4.74 Å². The molecule has 1 aromatic heterocycles. The van der Waals surface area contributed by atoms with Crippen LogP contribution >= 0.6 is 0 Å². The second kappa shape index (κ2) is 7.64. The van der Waals surface area contributed by atoms with Crippen LogP contribution in [0.2, 0.25) is 0 Å². The standard InChI is InChI=1S/C17H28N4O2/c1-5-17(3,4)20-16(22)13(2)19-14-6-7-15(18-12-14)21-8-10-23-11-9-21/h6-7,12-13,19H,5,8-11H2,1-4H3,(H,20,22). The van der Waals surface area contributed by atoms with E-state index < -0.39 is 0 Å². The highest BCUT2D eigenvalue weighted by molar-refractivity contribution is 5.84. The van der Waals surface area contributed by atoms with Gasteiger partial charge in [0.25, 0.3) is 0 Å². The quantitative estimate of drug-likeness (QED) is 0.839. The molecule has 23 heavy (non-hydrogen) atoms. The van der Waals surface area contributed by atoms with E-state index in [1.165, 1.54) is 0 Å². The van der Waals surface area contributed by atoms with Crippen molar-refractivity contribution in [1.82, 2.24) is 10.3 Å². The average Bonchev–Trinajstić information content (AvgIpc) is 2.56. The first-order valence-corrected chi connectivity index (χ1v) is 8.28. The van der Waals surface area contributed by atoms with Gasteiger partial charge in [0, 0.05) is 18.6 Å². The Kier molecular flexibility index (Phi) is 5.82. The van der Waals surface area contributed by atoms with Crippen molar-refractivity contribution in [3.05, 3.63) is 18.3 Å². The van der Waals surface area contributed by atoms with Crippen LogP contribution in [0.15, 0.2) is 18.3 Å². The molecule has 1 aliphatic heterocycles. The van der Waals surface area contributed by atoms with E-state index in [0.29, 0.717) is 0 Å². The molecule has 0 radical (unpaired) electrons. The zero-order valence-corrected chi connectivity index (χ0v) is 14.6. The van der Waals surface area contributed by atoms with Crippen molar-refractivity contribution in [2.45, 2.75) is 45.7 Å². The summed E-state index contributed by atoms with van der Waals surface area (Å²) in [5.74, 6) is 0.942. The SMILES string of the molecule is CCC(C)(C)NC(=O)C(C)Nc1ccc(N2CCOCC2)nc1. The Balaban J connectivity index is 1.91. The summed E-state index contributed by atoms with van der Waals surface area (Å²) in [4.78, 5) is 18.9. The number of ether oxygens (including phenoxy) is 1. The fraction of sp³-hybridized carbons (Fsp3) is 0.647. The maximum absolute atomic E-state index is 12.2. The third-order valence-corrected chi connectivity index (χ3v) is 4.20. The van der Waals surface area contributed by atoms with Gasteiger partial charge in [-0.1, -0.05) is 6.92 Å². The first kappa shape index (κ1) is 17.5. The highest BCUT2D eigenvalue weighted by Gasteiger charge is 2.21. The van der Waals surface area contributed by atoms with E-state index in [-0.39, 0.29) is 17.5 Å². The summed E-state index contributed by atoms with van der Waals surface area (Å²) in [7, 11) is 0. The average molecular weight is 320 g/mol. The van der Waals surface area contributed by atoms with Crippen LogP contribution in [-0.4, -0.2) is 48.8 Å². The molecule has 1 unspecified atom stereocenters. The predicted molar refractivity (Wildman–Crippen MR) is 92.9 cm³/mol. The van der Waals surface area contributed by atoms with Gasteiger partial charge in [-0.2, -0.15) is 0 Å². The lowest BCUT2D eigenvalue weighted by atomic mass is 10.0. The Hall–Kier alpha value is -1.82. The van der Waals surface area contributed by atoms with Crippen LogP contribution in [0.5, 0.6) is 0 Å². The lowest BCUT2D eigenvalue weighted by Gasteiger charge is -2.28. The van der Waals surface area contributed by atoms with Crippen LogP contribution in [0.3, 0.4) is 0 Å². The van der Waals surface area contributed by atoms with Crippen molar-refractivity contribution < 1.29 is 9.53 Å². The zero-order valence-electron chi connectivity index (χ0n) is 14.6. The lowest BCUT2D eigenvalue weighted by molar-refractivity contribution is -0.123. The van der Waals surface area contributed by atoms with Crippen LogP contribution in [0.4, 0.5) is 11.5 Å². The number of hydrogen-bond donors (Lipinski definition) is 2. The van der Waals surface area contributed by atoms with Crippen LogP contribution in [0.1, 0.15) is 34.1 Å². The molecule has 6 nitrogen and oxygen atoms in total. The van der Waals surface area contributed by atoms with Gasteiger partial charge in [-0.05, 0) is 39.3 Å². The molecular formula is C17H28N4O2. The molecule has 1 aromatic rings. The maximum atomic E-state index is 12.2. The predicted octanol–water partition coefficient (Wildman–Crippen LogP) is 2.02. The molecule has 0 aliphatic carbocycles. The van der Waals surface area contributed by atoms with Crippen LogP contribution in [-0.2, 0) is 9.53 Å². The largest absolute Gasteiger partial charge is 0.378 e. The lowest BCUT2D eigenvalue weighted by Crippen LogP contribution is -2.48. The summed E-state index contributed by atoms with van der Waals surface area (Å²) in [6, 6.07) is 3.64. The van der Waals surface area contributed by atoms with E-state index in [1.807, 2.05) is 32.9 Å². The number of amides is 1. The highest BCUT2D eigenvalue weighted by Crippen LogP contribution is 2.16.